The van der Waals surface area contributed by atoms with Crippen molar-refractivity contribution in [3.05, 3.63) is 119 Å². The molecule has 0 bridgehead atoms. The largest absolute Gasteiger partial charge is 0.416 e. The van der Waals surface area contributed by atoms with E-state index in [2.05, 4.69) is 30.8 Å². The van der Waals surface area contributed by atoms with Gasteiger partial charge < -0.3 is 25.9 Å². The Kier molecular flexibility index (Phi) is 9.45. The number of nitrogens with zero attached hydrogens (tertiary/aromatic N) is 4. The number of Topliss-reactive ketones (excluding diaryl/α,β-unsaturated/α-hetero) is 2. The smallest absolute Gasteiger partial charge is 0.270 e. The van der Waals surface area contributed by atoms with Crippen LogP contribution in [0.4, 0.5) is 8.78 Å². The predicted molar refractivity (Wildman–Crippen MR) is 162 cm³/mol. The molecule has 0 aliphatic carbocycles. The molecule has 0 radical (unpaired) electrons. The molecule has 15 heteroatoms. The standard InChI is InChI=1S/C32H22F2N8O5/c33-25-5-1-3-21(37-25)29(45)39-23(15-35)27(43)17-7-11-19(12-8-17)31-41-42-32(47-31)20-13-9-18(10-14-20)28(44)24(16-36)40-30(46)22-4-2-6-26(34)38-22/h1-16,23-24,35-36H,(H,39,45)(H,40,46)/t23-,24-/m0/s1. The lowest BCUT2D eigenvalue weighted by molar-refractivity contribution is 0.0882. The zero-order valence-electron chi connectivity index (χ0n) is 24.0. The average Bonchev–Trinajstić information content (AvgIpc) is 3.59. The SMILES string of the molecule is N=C[C@H](NC(=O)c1cccc(F)n1)C(=O)c1ccc(-c2nnc(-c3ccc(C(=O)[C@H](C=N)NC(=O)c4cccc(F)n4)cc3)o2)cc1. The molecule has 0 aliphatic heterocycles. The van der Waals surface area contributed by atoms with Crippen molar-refractivity contribution < 1.29 is 32.4 Å². The van der Waals surface area contributed by atoms with Crippen LogP contribution in [0, 0.1) is 22.7 Å². The molecule has 3 heterocycles. The second kappa shape index (κ2) is 14.0. The fraction of sp³-hybridized carbons (Fsp3) is 0.0625. The number of carbonyl (C=O) groups excluding carboxylic acids is 4. The summed E-state index contributed by atoms with van der Waals surface area (Å²) >= 11 is 0. The molecule has 0 fully saturated rings. The summed E-state index contributed by atoms with van der Waals surface area (Å²) in [6.45, 7) is 0. The maximum atomic E-state index is 13.4. The minimum absolute atomic E-state index is 0.116. The lowest BCUT2D eigenvalue weighted by Crippen LogP contribution is -2.42. The molecule has 2 amide bonds. The van der Waals surface area contributed by atoms with Gasteiger partial charge >= 0.3 is 0 Å². The van der Waals surface area contributed by atoms with Crippen LogP contribution in [0.5, 0.6) is 0 Å². The van der Waals surface area contributed by atoms with E-state index in [1.807, 2.05) is 0 Å². The van der Waals surface area contributed by atoms with E-state index in [0.717, 1.165) is 24.6 Å². The quantitative estimate of drug-likeness (QED) is 0.0893. The van der Waals surface area contributed by atoms with Crippen LogP contribution < -0.4 is 10.6 Å². The molecule has 4 N–H and O–H groups in total. The van der Waals surface area contributed by atoms with Crippen LogP contribution >= 0.6 is 0 Å². The Labute approximate surface area is 264 Å². The van der Waals surface area contributed by atoms with Gasteiger partial charge in [-0.15, -0.1) is 10.2 Å². The highest BCUT2D eigenvalue weighted by atomic mass is 19.1. The highest BCUT2D eigenvalue weighted by Gasteiger charge is 2.24. The molecular weight excluding hydrogens is 614 g/mol. The summed E-state index contributed by atoms with van der Waals surface area (Å²) in [5.74, 6) is -4.31. The average molecular weight is 637 g/mol. The lowest BCUT2D eigenvalue weighted by Gasteiger charge is -2.13. The Bertz CT molecular complexity index is 1860. The highest BCUT2D eigenvalue weighted by Crippen LogP contribution is 2.25. The Morgan fingerprint density at radius 2 is 1.00 bits per heavy atom. The summed E-state index contributed by atoms with van der Waals surface area (Å²) in [5.41, 5.74) is 0.774. The molecule has 0 aliphatic rings. The molecule has 2 atom stereocenters. The minimum atomic E-state index is -1.32. The summed E-state index contributed by atoms with van der Waals surface area (Å²) < 4.78 is 32.5. The first-order valence-electron chi connectivity index (χ1n) is 13.7. The lowest BCUT2D eigenvalue weighted by atomic mass is 10.0. The van der Waals surface area contributed by atoms with Crippen molar-refractivity contribution in [1.82, 2.24) is 30.8 Å². The van der Waals surface area contributed by atoms with Gasteiger partial charge in [0.05, 0.1) is 0 Å². The summed E-state index contributed by atoms with van der Waals surface area (Å²) in [7, 11) is 0. The number of nitrogens with one attached hydrogen (secondary N) is 4. The van der Waals surface area contributed by atoms with E-state index in [0.29, 0.717) is 11.1 Å². The van der Waals surface area contributed by atoms with Crippen LogP contribution in [0.25, 0.3) is 22.9 Å². The van der Waals surface area contributed by atoms with Gasteiger partial charge in [0, 0.05) is 34.7 Å². The zero-order valence-corrected chi connectivity index (χ0v) is 24.0. The van der Waals surface area contributed by atoms with Crippen molar-refractivity contribution in [2.45, 2.75) is 12.1 Å². The van der Waals surface area contributed by atoms with E-state index in [9.17, 15) is 28.0 Å². The van der Waals surface area contributed by atoms with Crippen LogP contribution in [0.2, 0.25) is 0 Å². The summed E-state index contributed by atoms with van der Waals surface area (Å²) in [5, 5.41) is 27.9. The maximum absolute atomic E-state index is 13.4. The van der Waals surface area contributed by atoms with Gasteiger partial charge in [-0.2, -0.15) is 8.78 Å². The van der Waals surface area contributed by atoms with Gasteiger partial charge in [0.2, 0.25) is 23.7 Å². The van der Waals surface area contributed by atoms with E-state index in [1.54, 1.807) is 0 Å². The molecule has 2 aromatic carbocycles. The minimum Gasteiger partial charge on any atom is -0.416 e. The summed E-state index contributed by atoms with van der Waals surface area (Å²) in [4.78, 5) is 57.5. The Morgan fingerprint density at radius 1 is 0.617 bits per heavy atom. The molecule has 13 nitrogen and oxygen atoms in total. The molecule has 0 unspecified atom stereocenters. The number of benzene rings is 2. The van der Waals surface area contributed by atoms with Crippen molar-refractivity contribution in [3.63, 3.8) is 0 Å². The number of pyridine rings is 2. The van der Waals surface area contributed by atoms with Crippen molar-refractivity contribution in [2.24, 2.45) is 0 Å². The van der Waals surface area contributed by atoms with Crippen LogP contribution in [-0.4, -0.2) is 68.1 Å². The predicted octanol–water partition coefficient (Wildman–Crippen LogP) is 3.73. The van der Waals surface area contributed by atoms with Crippen LogP contribution in [-0.2, 0) is 0 Å². The monoisotopic (exact) mass is 636 g/mol. The first-order chi connectivity index (χ1) is 22.7. The van der Waals surface area contributed by atoms with Crippen molar-refractivity contribution in [3.8, 4) is 22.9 Å². The van der Waals surface area contributed by atoms with Gasteiger partial charge in [0.25, 0.3) is 11.8 Å². The van der Waals surface area contributed by atoms with E-state index in [1.165, 1.54) is 72.8 Å². The number of amides is 2. The molecular formula is C32H22F2N8O5. The highest BCUT2D eigenvalue weighted by molar-refractivity contribution is 6.12. The summed E-state index contributed by atoms with van der Waals surface area (Å²) in [6.07, 6.45) is 1.50. The third kappa shape index (κ3) is 7.37. The van der Waals surface area contributed by atoms with Crippen molar-refractivity contribution >= 4 is 35.8 Å². The van der Waals surface area contributed by atoms with E-state index in [-0.39, 0.29) is 34.3 Å². The third-order valence-corrected chi connectivity index (χ3v) is 6.62. The molecule has 5 rings (SSSR count). The number of aromatic nitrogens is 4. The molecule has 47 heavy (non-hydrogen) atoms. The number of ketones is 2. The molecule has 5 aromatic rings. The van der Waals surface area contributed by atoms with Gasteiger partial charge in [0.1, 0.15) is 23.5 Å². The number of hydrogen-bond donors (Lipinski definition) is 4. The van der Waals surface area contributed by atoms with Crippen LogP contribution in [0.1, 0.15) is 41.7 Å². The number of carbonyl (C=O) groups is 4. The molecule has 0 saturated carbocycles. The normalized spacial score (nSPS) is 12.0. The summed E-state index contributed by atoms with van der Waals surface area (Å²) in [6, 6.07) is 16.6. The number of rotatable bonds is 12. The molecule has 0 spiro atoms. The van der Waals surface area contributed by atoms with Gasteiger partial charge in [-0.05, 0) is 48.5 Å². The van der Waals surface area contributed by atoms with E-state index >= 15 is 0 Å². The zero-order chi connectivity index (χ0) is 33.5. The van der Waals surface area contributed by atoms with Crippen LogP contribution in [0.15, 0.2) is 89.3 Å². The van der Waals surface area contributed by atoms with Crippen LogP contribution in [0.3, 0.4) is 0 Å². The first kappa shape index (κ1) is 31.8. The van der Waals surface area contributed by atoms with E-state index in [4.69, 9.17) is 15.2 Å². The Balaban J connectivity index is 1.23. The molecule has 0 saturated heterocycles. The second-order valence-corrected chi connectivity index (χ2v) is 9.72. The Hall–Kier alpha value is -6.64. The first-order valence-corrected chi connectivity index (χ1v) is 13.7. The van der Waals surface area contributed by atoms with Gasteiger partial charge in [-0.25, -0.2) is 9.97 Å². The van der Waals surface area contributed by atoms with Crippen molar-refractivity contribution in [2.75, 3.05) is 0 Å². The van der Waals surface area contributed by atoms with Gasteiger partial charge in [-0.3, -0.25) is 19.2 Å². The van der Waals surface area contributed by atoms with Crippen molar-refractivity contribution in [1.29, 1.82) is 10.8 Å². The van der Waals surface area contributed by atoms with Gasteiger partial charge in [-0.1, -0.05) is 36.4 Å². The molecule has 234 valence electrons. The third-order valence-electron chi connectivity index (χ3n) is 6.62. The number of hydrogen-bond acceptors (Lipinski definition) is 11. The van der Waals surface area contributed by atoms with Gasteiger partial charge in [0.15, 0.2) is 11.6 Å². The topological polar surface area (TPSA) is 205 Å². The fourth-order valence-corrected chi connectivity index (χ4v) is 4.24. The number of halogens is 2. The fourth-order valence-electron chi connectivity index (χ4n) is 4.24. The second-order valence-electron chi connectivity index (χ2n) is 9.72. The molecule has 3 aromatic heterocycles. The Morgan fingerprint density at radius 3 is 1.34 bits per heavy atom. The van der Waals surface area contributed by atoms with E-state index < -0.39 is 47.4 Å². The maximum Gasteiger partial charge on any atom is 0.270 e.